The highest BCUT2D eigenvalue weighted by Gasteiger charge is 2.05. The number of benzene rings is 1. The van der Waals surface area contributed by atoms with Gasteiger partial charge in [0.1, 0.15) is 5.75 Å². The average molecular weight is 236 g/mol. The predicted octanol–water partition coefficient (Wildman–Crippen LogP) is 2.90. The largest absolute Gasteiger partial charge is 0.435 e. The van der Waals surface area contributed by atoms with Crippen molar-refractivity contribution in [3.05, 3.63) is 42.5 Å². The van der Waals surface area contributed by atoms with Gasteiger partial charge in [0, 0.05) is 6.04 Å². The number of hydrogen-bond donors (Lipinski definition) is 1. The highest BCUT2D eigenvalue weighted by atomic mass is 35.5. The number of hydrogen-bond acceptors (Lipinski definition) is 2. The topological polar surface area (TPSA) is 35.2 Å². The van der Waals surface area contributed by atoms with E-state index in [4.69, 9.17) is 5.73 Å². The van der Waals surface area contributed by atoms with Gasteiger partial charge in [0.25, 0.3) is 0 Å². The molecule has 1 aromatic rings. The Bertz CT molecular complexity index is 303. The fourth-order valence-electron chi connectivity index (χ4n) is 1.01. The van der Waals surface area contributed by atoms with Crippen LogP contribution in [0.1, 0.15) is 11.6 Å². The van der Waals surface area contributed by atoms with Crippen LogP contribution in [-0.4, -0.2) is 6.61 Å². The molecule has 84 valence electrons. The molecule has 0 aliphatic carbocycles. The third kappa shape index (κ3) is 4.27. The van der Waals surface area contributed by atoms with E-state index in [1.807, 2.05) is 0 Å². The number of alkyl halides is 2. The summed E-state index contributed by atoms with van der Waals surface area (Å²) in [6, 6.07) is 5.87. The molecule has 1 aromatic carbocycles. The van der Waals surface area contributed by atoms with Gasteiger partial charge < -0.3 is 10.5 Å². The van der Waals surface area contributed by atoms with Gasteiger partial charge in [0.15, 0.2) is 0 Å². The van der Waals surface area contributed by atoms with Crippen LogP contribution in [0.5, 0.6) is 5.75 Å². The number of nitrogens with two attached hydrogens (primary N) is 1. The summed E-state index contributed by atoms with van der Waals surface area (Å²) in [5.74, 6) is 0.125. The first kappa shape index (κ1) is 13.9. The van der Waals surface area contributed by atoms with Crippen molar-refractivity contribution in [1.29, 1.82) is 0 Å². The Morgan fingerprint density at radius 2 is 1.80 bits per heavy atom. The lowest BCUT2D eigenvalue weighted by atomic mass is 10.1. The second kappa shape index (κ2) is 6.37. The van der Waals surface area contributed by atoms with Crippen molar-refractivity contribution in [2.45, 2.75) is 12.7 Å². The number of halogens is 3. The van der Waals surface area contributed by atoms with Crippen molar-refractivity contribution >= 4 is 12.4 Å². The molecule has 1 rings (SSSR count). The molecular weight excluding hydrogens is 224 g/mol. The molecule has 0 fully saturated rings. The van der Waals surface area contributed by atoms with E-state index in [2.05, 4.69) is 11.3 Å². The lowest BCUT2D eigenvalue weighted by molar-refractivity contribution is -0.0498. The summed E-state index contributed by atoms with van der Waals surface area (Å²) >= 11 is 0. The number of rotatable bonds is 4. The standard InChI is InChI=1S/C10H11F2NO.ClH/c1-2-9(13)7-3-5-8(6-4-7)14-10(11)12;/h2-6,9-10H,1,13H2;1H/t9-;/m0./s1. The first-order valence-corrected chi connectivity index (χ1v) is 4.06. The van der Waals surface area contributed by atoms with Crippen LogP contribution in [0.3, 0.4) is 0 Å². The second-order valence-electron chi connectivity index (χ2n) is 2.71. The normalized spacial score (nSPS) is 11.7. The van der Waals surface area contributed by atoms with Gasteiger partial charge in [-0.2, -0.15) is 8.78 Å². The average Bonchev–Trinajstić information content (AvgIpc) is 2.17. The summed E-state index contributed by atoms with van der Waals surface area (Å²) < 4.78 is 27.7. The first-order valence-electron chi connectivity index (χ1n) is 4.06. The third-order valence-electron chi connectivity index (χ3n) is 1.74. The smallest absolute Gasteiger partial charge is 0.387 e. The van der Waals surface area contributed by atoms with Gasteiger partial charge in [-0.3, -0.25) is 0 Å². The van der Waals surface area contributed by atoms with Crippen molar-refractivity contribution in [2.75, 3.05) is 0 Å². The molecule has 0 aliphatic heterocycles. The van der Waals surface area contributed by atoms with E-state index >= 15 is 0 Å². The molecule has 5 heteroatoms. The van der Waals surface area contributed by atoms with Crippen LogP contribution in [0.25, 0.3) is 0 Å². The van der Waals surface area contributed by atoms with Gasteiger partial charge in [0.05, 0.1) is 0 Å². The molecule has 1 atom stereocenters. The Balaban J connectivity index is 0.00000196. The maximum atomic E-state index is 11.8. The van der Waals surface area contributed by atoms with Gasteiger partial charge in [-0.15, -0.1) is 19.0 Å². The van der Waals surface area contributed by atoms with Gasteiger partial charge in [-0.05, 0) is 17.7 Å². The van der Waals surface area contributed by atoms with Crippen LogP contribution in [-0.2, 0) is 0 Å². The Kier molecular flexibility index (Phi) is 5.89. The maximum absolute atomic E-state index is 11.8. The van der Waals surface area contributed by atoms with Crippen molar-refractivity contribution in [3.8, 4) is 5.75 Å². The van der Waals surface area contributed by atoms with Crippen molar-refractivity contribution < 1.29 is 13.5 Å². The summed E-state index contributed by atoms with van der Waals surface area (Å²) in [6.07, 6.45) is 1.57. The minimum atomic E-state index is -2.80. The van der Waals surface area contributed by atoms with E-state index in [0.29, 0.717) is 0 Å². The zero-order chi connectivity index (χ0) is 10.6. The van der Waals surface area contributed by atoms with Crippen molar-refractivity contribution in [1.82, 2.24) is 0 Å². The fourth-order valence-corrected chi connectivity index (χ4v) is 1.01. The fraction of sp³-hybridized carbons (Fsp3) is 0.200. The molecule has 0 heterocycles. The van der Waals surface area contributed by atoms with Gasteiger partial charge >= 0.3 is 6.61 Å². The summed E-state index contributed by atoms with van der Waals surface area (Å²) in [4.78, 5) is 0. The summed E-state index contributed by atoms with van der Waals surface area (Å²) in [6.45, 7) is 0.734. The van der Waals surface area contributed by atoms with Crippen LogP contribution in [0.15, 0.2) is 36.9 Å². The lowest BCUT2D eigenvalue weighted by Gasteiger charge is -2.08. The molecule has 0 saturated heterocycles. The van der Waals surface area contributed by atoms with Crippen LogP contribution in [0.2, 0.25) is 0 Å². The van der Waals surface area contributed by atoms with Crippen LogP contribution >= 0.6 is 12.4 Å². The Morgan fingerprint density at radius 1 is 1.27 bits per heavy atom. The van der Waals surface area contributed by atoms with Gasteiger partial charge in [-0.25, -0.2) is 0 Å². The SMILES string of the molecule is C=C[C@H](N)c1ccc(OC(F)F)cc1.Cl. The quantitative estimate of drug-likeness (QED) is 0.815. The highest BCUT2D eigenvalue weighted by Crippen LogP contribution is 2.18. The minimum absolute atomic E-state index is 0. The van der Waals surface area contributed by atoms with Crippen molar-refractivity contribution in [2.24, 2.45) is 5.73 Å². The van der Waals surface area contributed by atoms with Crippen molar-refractivity contribution in [3.63, 3.8) is 0 Å². The van der Waals surface area contributed by atoms with E-state index in [-0.39, 0.29) is 24.2 Å². The van der Waals surface area contributed by atoms with E-state index in [9.17, 15) is 8.78 Å². The molecule has 0 unspecified atom stereocenters. The molecule has 15 heavy (non-hydrogen) atoms. The molecule has 0 radical (unpaired) electrons. The molecule has 2 nitrogen and oxygen atoms in total. The molecule has 0 aliphatic rings. The summed E-state index contributed by atoms with van der Waals surface area (Å²) in [5.41, 5.74) is 6.45. The number of ether oxygens (including phenoxy) is 1. The minimum Gasteiger partial charge on any atom is -0.435 e. The molecule has 0 amide bonds. The van der Waals surface area contributed by atoms with Gasteiger partial charge in [0.2, 0.25) is 0 Å². The molecule has 0 aromatic heterocycles. The van der Waals surface area contributed by atoms with E-state index in [1.54, 1.807) is 18.2 Å². The van der Waals surface area contributed by atoms with Gasteiger partial charge in [-0.1, -0.05) is 18.2 Å². The predicted molar refractivity (Wildman–Crippen MR) is 57.4 cm³/mol. The van der Waals surface area contributed by atoms with E-state index in [1.165, 1.54) is 12.1 Å². The van der Waals surface area contributed by atoms with Crippen LogP contribution < -0.4 is 10.5 Å². The molecule has 0 saturated carbocycles. The monoisotopic (exact) mass is 235 g/mol. The molecular formula is C10H12ClF2NO. The highest BCUT2D eigenvalue weighted by molar-refractivity contribution is 5.85. The van der Waals surface area contributed by atoms with Crippen LogP contribution in [0, 0.1) is 0 Å². The zero-order valence-electron chi connectivity index (χ0n) is 7.90. The Morgan fingerprint density at radius 3 is 2.20 bits per heavy atom. The Labute approximate surface area is 93.1 Å². The molecule has 0 spiro atoms. The maximum Gasteiger partial charge on any atom is 0.387 e. The third-order valence-corrected chi connectivity index (χ3v) is 1.74. The van der Waals surface area contributed by atoms with E-state index in [0.717, 1.165) is 5.56 Å². The van der Waals surface area contributed by atoms with Crippen LogP contribution in [0.4, 0.5) is 8.78 Å². The van der Waals surface area contributed by atoms with E-state index < -0.39 is 6.61 Å². The first-order chi connectivity index (χ1) is 6.63. The second-order valence-corrected chi connectivity index (χ2v) is 2.71. The lowest BCUT2D eigenvalue weighted by Crippen LogP contribution is -2.06. The molecule has 2 N–H and O–H groups in total. The molecule has 0 bridgehead atoms. The Hall–Kier alpha value is -1.13. The summed E-state index contributed by atoms with van der Waals surface area (Å²) in [5, 5.41) is 0. The zero-order valence-corrected chi connectivity index (χ0v) is 8.71. The summed E-state index contributed by atoms with van der Waals surface area (Å²) in [7, 11) is 0.